The van der Waals surface area contributed by atoms with Crippen molar-refractivity contribution < 1.29 is 28.4 Å². The third-order valence-electron chi connectivity index (χ3n) is 7.85. The highest BCUT2D eigenvalue weighted by Crippen LogP contribution is 2.37. The summed E-state index contributed by atoms with van der Waals surface area (Å²) < 4.78 is 40.7. The van der Waals surface area contributed by atoms with Crippen molar-refractivity contribution >= 4 is 46.4 Å². The molecule has 250 valence electrons. The molecule has 2 fully saturated rings. The number of nitrogens with zero attached hydrogens (tertiary/aromatic N) is 6. The lowest BCUT2D eigenvalue weighted by Crippen LogP contribution is -2.63. The van der Waals surface area contributed by atoms with Crippen molar-refractivity contribution in [3.63, 3.8) is 0 Å². The zero-order valence-electron chi connectivity index (χ0n) is 25.2. The second-order valence-electron chi connectivity index (χ2n) is 11.0. The summed E-state index contributed by atoms with van der Waals surface area (Å²) in [7, 11) is 1.54. The van der Waals surface area contributed by atoms with E-state index in [2.05, 4.69) is 20.6 Å². The summed E-state index contributed by atoms with van der Waals surface area (Å²) in [6.45, 7) is 0.403. The van der Waals surface area contributed by atoms with Crippen LogP contribution in [0.1, 0.15) is 23.2 Å². The van der Waals surface area contributed by atoms with Gasteiger partial charge in [0.15, 0.2) is 12.6 Å². The van der Waals surface area contributed by atoms with Crippen LogP contribution < -0.4 is 0 Å². The third kappa shape index (κ3) is 7.24. The summed E-state index contributed by atoms with van der Waals surface area (Å²) in [5, 5.41) is 18.7. The van der Waals surface area contributed by atoms with E-state index in [1.165, 1.54) is 0 Å². The molecule has 0 aliphatic carbocycles. The number of hydrogen-bond acceptors (Lipinski definition) is 10. The summed E-state index contributed by atoms with van der Waals surface area (Å²) in [4.78, 5) is 0. The van der Waals surface area contributed by atoms with Crippen molar-refractivity contribution in [3.05, 3.63) is 116 Å². The second-order valence-corrected chi connectivity index (χ2v) is 12.6. The van der Waals surface area contributed by atoms with Gasteiger partial charge in [-0.1, -0.05) is 87.2 Å². The average Bonchev–Trinajstić information content (AvgIpc) is 3.79. The van der Waals surface area contributed by atoms with E-state index in [1.54, 1.807) is 65.3 Å². The van der Waals surface area contributed by atoms with Crippen LogP contribution in [-0.2, 0) is 41.6 Å². The normalized spacial score (nSPS) is 24.0. The van der Waals surface area contributed by atoms with Crippen LogP contribution in [0.25, 0.3) is 11.4 Å². The molecule has 3 aromatic carbocycles. The lowest BCUT2D eigenvalue weighted by molar-refractivity contribution is -0.369. The lowest BCUT2D eigenvalue weighted by Gasteiger charge is -2.48. The molecular formula is C32H28Cl4N6O6. The number of ether oxygens (including phenoxy) is 6. The van der Waals surface area contributed by atoms with Crippen LogP contribution in [0.4, 0.5) is 0 Å². The van der Waals surface area contributed by atoms with Crippen molar-refractivity contribution in [1.82, 2.24) is 30.0 Å². The highest BCUT2D eigenvalue weighted by Gasteiger charge is 2.51. The molecule has 12 nitrogen and oxygen atoms in total. The van der Waals surface area contributed by atoms with Gasteiger partial charge in [-0.15, -0.1) is 10.2 Å². The highest BCUT2D eigenvalue weighted by atomic mass is 35.5. The summed E-state index contributed by atoms with van der Waals surface area (Å²) in [5.41, 5.74) is 3.37. The summed E-state index contributed by atoms with van der Waals surface area (Å²) >= 11 is 24.6. The number of benzene rings is 3. The van der Waals surface area contributed by atoms with Crippen molar-refractivity contribution in [2.45, 2.75) is 50.2 Å². The molecule has 0 spiro atoms. The Bertz CT molecular complexity index is 1860. The maximum Gasteiger partial charge on any atom is 0.186 e. The molecule has 0 amide bonds. The minimum absolute atomic E-state index is 0.0680. The predicted molar refractivity (Wildman–Crippen MR) is 176 cm³/mol. The van der Waals surface area contributed by atoms with E-state index < -0.39 is 37.0 Å². The zero-order valence-corrected chi connectivity index (χ0v) is 28.3. The Morgan fingerprint density at radius 1 is 0.729 bits per heavy atom. The number of fused-ring (bicyclic) bond motifs is 1. The fourth-order valence-corrected chi connectivity index (χ4v) is 6.07. The van der Waals surface area contributed by atoms with Crippen LogP contribution in [0.5, 0.6) is 0 Å². The molecule has 2 aliphatic rings. The molecule has 0 radical (unpaired) electrons. The van der Waals surface area contributed by atoms with Gasteiger partial charge >= 0.3 is 0 Å². The van der Waals surface area contributed by atoms with Crippen LogP contribution in [0.15, 0.2) is 79.1 Å². The van der Waals surface area contributed by atoms with Crippen molar-refractivity contribution in [2.75, 3.05) is 13.7 Å². The van der Waals surface area contributed by atoms with E-state index in [9.17, 15) is 0 Å². The Morgan fingerprint density at radius 2 is 1.31 bits per heavy atom. The summed E-state index contributed by atoms with van der Waals surface area (Å²) in [5.74, 6) is 0. The largest absolute Gasteiger partial charge is 0.366 e. The first kappa shape index (κ1) is 33.4. The second kappa shape index (κ2) is 14.8. The molecule has 2 aromatic heterocycles. The van der Waals surface area contributed by atoms with Crippen LogP contribution in [0, 0.1) is 0 Å². The van der Waals surface area contributed by atoms with Crippen molar-refractivity contribution in [1.29, 1.82) is 0 Å². The predicted octanol–water partition coefficient (Wildman–Crippen LogP) is 6.42. The topological polar surface area (TPSA) is 117 Å². The summed E-state index contributed by atoms with van der Waals surface area (Å²) in [6.07, 6.45) is -0.465. The lowest BCUT2D eigenvalue weighted by atomic mass is 9.97. The van der Waals surface area contributed by atoms with E-state index in [-0.39, 0.29) is 19.8 Å². The number of halogens is 4. The smallest absolute Gasteiger partial charge is 0.186 e. The molecular weight excluding hydrogens is 706 g/mol. The third-order valence-corrected chi connectivity index (χ3v) is 9.33. The molecule has 4 heterocycles. The van der Waals surface area contributed by atoms with Crippen LogP contribution >= 0.6 is 46.4 Å². The minimum atomic E-state index is -0.811. The van der Waals surface area contributed by atoms with Crippen molar-refractivity contribution in [3.8, 4) is 11.4 Å². The molecule has 2 saturated heterocycles. The van der Waals surface area contributed by atoms with Crippen molar-refractivity contribution in [2.24, 2.45) is 0 Å². The minimum Gasteiger partial charge on any atom is -0.366 e. The zero-order chi connectivity index (χ0) is 33.2. The monoisotopic (exact) mass is 732 g/mol. The van der Waals surface area contributed by atoms with E-state index in [4.69, 9.17) is 74.8 Å². The molecule has 16 heteroatoms. The average molecular weight is 734 g/mol. The SMILES string of the molecule is CO[C@@H]1OC2COC(c3ccccc3)O[C@@H]2[C@H](OCc2cn(-c3ccc(Cl)c(Cl)c3)nn2)C1OCc1cn(-c2ccc(Cl)c(Cl)c2)nn1. The van der Waals surface area contributed by atoms with E-state index in [0.717, 1.165) is 5.56 Å². The van der Waals surface area contributed by atoms with Gasteiger partial charge in [0.05, 0.1) is 63.7 Å². The standard InChI is InChI=1S/C32H28Cl4N6O6/c1-43-32-30(45-16-20-14-42(40-38-20)22-8-10-24(34)26(36)12-22)29(28-27(47-32)17-46-31(48-28)18-5-3-2-4-6-18)44-15-19-13-41(39-37-19)21-7-9-23(33)25(35)11-21/h2-14,27-32H,15-17H2,1H3/t27?,28-,29-,30?,31?,32+/m0/s1. The summed E-state index contributed by atoms with van der Waals surface area (Å²) in [6, 6.07) is 20.0. The Kier molecular flexibility index (Phi) is 10.3. The first-order valence-electron chi connectivity index (χ1n) is 14.8. The van der Waals surface area contributed by atoms with Gasteiger partial charge in [-0.25, -0.2) is 9.36 Å². The molecule has 6 atom stereocenters. The Labute approximate surface area is 295 Å². The van der Waals surface area contributed by atoms with Gasteiger partial charge in [-0.3, -0.25) is 0 Å². The van der Waals surface area contributed by atoms with Crippen LogP contribution in [0.2, 0.25) is 20.1 Å². The molecule has 3 unspecified atom stereocenters. The maximum absolute atomic E-state index is 6.55. The molecule has 7 rings (SSSR count). The molecule has 0 saturated carbocycles. The molecule has 0 N–H and O–H groups in total. The van der Waals surface area contributed by atoms with E-state index in [0.29, 0.717) is 42.9 Å². The van der Waals surface area contributed by atoms with Gasteiger partial charge < -0.3 is 28.4 Å². The fraction of sp³-hybridized carbons (Fsp3) is 0.312. The Hall–Kier alpha value is -3.14. The number of hydrogen-bond donors (Lipinski definition) is 0. The van der Waals surface area contributed by atoms with Gasteiger partial charge in [0.1, 0.15) is 35.8 Å². The molecule has 0 bridgehead atoms. The van der Waals surface area contributed by atoms with E-state index >= 15 is 0 Å². The van der Waals surface area contributed by atoms with Crippen LogP contribution in [-0.4, -0.2) is 74.4 Å². The van der Waals surface area contributed by atoms with Gasteiger partial charge in [-0.05, 0) is 36.4 Å². The first-order valence-corrected chi connectivity index (χ1v) is 16.3. The highest BCUT2D eigenvalue weighted by molar-refractivity contribution is 6.42. The fourth-order valence-electron chi connectivity index (χ4n) is 5.48. The number of methoxy groups -OCH3 is 1. The van der Waals surface area contributed by atoms with Gasteiger partial charge in [-0.2, -0.15) is 0 Å². The maximum atomic E-state index is 6.55. The molecule has 5 aromatic rings. The Balaban J connectivity index is 1.12. The van der Waals surface area contributed by atoms with E-state index in [1.807, 2.05) is 30.3 Å². The quantitative estimate of drug-likeness (QED) is 0.159. The first-order chi connectivity index (χ1) is 23.4. The molecule has 48 heavy (non-hydrogen) atoms. The van der Waals surface area contributed by atoms with Gasteiger partial charge in [0.25, 0.3) is 0 Å². The van der Waals surface area contributed by atoms with Gasteiger partial charge in [0.2, 0.25) is 0 Å². The van der Waals surface area contributed by atoms with Crippen LogP contribution in [0.3, 0.4) is 0 Å². The number of rotatable bonds is 10. The van der Waals surface area contributed by atoms with Gasteiger partial charge in [0, 0.05) is 12.7 Å². The molecule has 2 aliphatic heterocycles. The Morgan fingerprint density at radius 3 is 1.88 bits per heavy atom. The number of aromatic nitrogens is 6.